The number of carboxylic acids is 1. The van der Waals surface area contributed by atoms with Crippen molar-refractivity contribution in [2.45, 2.75) is 76.9 Å². The van der Waals surface area contributed by atoms with Crippen molar-refractivity contribution in [3.05, 3.63) is 24.3 Å². The molecular weight excluding hydrogens is 320 g/mol. The Balaban J connectivity index is 2.49. The van der Waals surface area contributed by atoms with Gasteiger partial charge in [0.25, 0.3) is 0 Å². The first-order valence-electron chi connectivity index (χ1n) is 9.39. The van der Waals surface area contributed by atoms with Gasteiger partial charge in [0.05, 0.1) is 12.2 Å². The van der Waals surface area contributed by atoms with Gasteiger partial charge in [-0.05, 0) is 32.1 Å². The maximum atomic E-state index is 12.1. The Hall–Kier alpha value is -1.46. The first kappa shape index (κ1) is 21.6. The van der Waals surface area contributed by atoms with Gasteiger partial charge in [-0.25, -0.2) is 0 Å². The highest BCUT2D eigenvalue weighted by molar-refractivity contribution is 5.86. The molecule has 1 aliphatic carbocycles. The molecule has 5 nitrogen and oxygen atoms in total. The molecule has 1 aliphatic rings. The van der Waals surface area contributed by atoms with E-state index in [4.69, 9.17) is 5.11 Å². The lowest BCUT2D eigenvalue weighted by Gasteiger charge is -2.17. The minimum Gasteiger partial charge on any atom is -0.481 e. The predicted octanol–water partition coefficient (Wildman–Crippen LogP) is 3.25. The molecule has 0 heterocycles. The van der Waals surface area contributed by atoms with Crippen LogP contribution in [-0.2, 0) is 9.59 Å². The van der Waals surface area contributed by atoms with Gasteiger partial charge in [-0.15, -0.1) is 0 Å². The maximum absolute atomic E-state index is 12.1. The average Bonchev–Trinajstić information content (AvgIpc) is 2.81. The molecule has 0 aromatic rings. The molecule has 0 aromatic heterocycles. The zero-order valence-corrected chi connectivity index (χ0v) is 15.1. The number of unbranched alkanes of at least 4 members (excludes halogenated alkanes) is 3. The summed E-state index contributed by atoms with van der Waals surface area (Å²) >= 11 is 0. The zero-order valence-electron chi connectivity index (χ0n) is 15.1. The fourth-order valence-corrected chi connectivity index (χ4v) is 3.22. The molecule has 1 fully saturated rings. The minimum absolute atomic E-state index is 0.00543. The van der Waals surface area contributed by atoms with Gasteiger partial charge in [-0.2, -0.15) is 0 Å². The minimum atomic E-state index is -0.879. The molecule has 0 unspecified atom stereocenters. The number of allylic oxidation sites excluding steroid dienone is 3. The van der Waals surface area contributed by atoms with Crippen LogP contribution >= 0.6 is 0 Å². The molecule has 0 aromatic carbocycles. The first-order valence-corrected chi connectivity index (χ1v) is 9.39. The van der Waals surface area contributed by atoms with Gasteiger partial charge >= 0.3 is 5.97 Å². The van der Waals surface area contributed by atoms with Crippen LogP contribution in [0.25, 0.3) is 0 Å². The smallest absolute Gasteiger partial charge is 0.303 e. The van der Waals surface area contributed by atoms with Crippen molar-refractivity contribution in [2.24, 2.45) is 11.8 Å². The van der Waals surface area contributed by atoms with Crippen LogP contribution in [0, 0.1) is 11.8 Å². The predicted molar refractivity (Wildman–Crippen MR) is 97.1 cm³/mol. The normalized spacial score (nSPS) is 25.2. The van der Waals surface area contributed by atoms with Crippen LogP contribution < -0.4 is 0 Å². The fraction of sp³-hybridized carbons (Fsp3) is 0.700. The topological polar surface area (TPSA) is 94.8 Å². The Morgan fingerprint density at radius 1 is 1.28 bits per heavy atom. The van der Waals surface area contributed by atoms with E-state index in [-0.39, 0.29) is 30.5 Å². The summed E-state index contributed by atoms with van der Waals surface area (Å²) in [5.41, 5.74) is 0. The van der Waals surface area contributed by atoms with Gasteiger partial charge in [-0.3, -0.25) is 9.59 Å². The second-order valence-electron chi connectivity index (χ2n) is 6.87. The molecule has 3 N–H and O–H groups in total. The van der Waals surface area contributed by atoms with Crippen LogP contribution in [0.2, 0.25) is 0 Å². The van der Waals surface area contributed by atoms with Gasteiger partial charge < -0.3 is 15.3 Å². The van der Waals surface area contributed by atoms with Crippen LogP contribution in [0.1, 0.15) is 64.7 Å². The first-order chi connectivity index (χ1) is 12.0. The summed E-state index contributed by atoms with van der Waals surface area (Å²) in [5, 5.41) is 28.6. The van der Waals surface area contributed by atoms with E-state index in [0.717, 1.165) is 12.8 Å². The van der Waals surface area contributed by atoms with Crippen LogP contribution in [0.15, 0.2) is 24.3 Å². The number of aliphatic hydroxyl groups is 2. The number of hydrogen-bond acceptors (Lipinski definition) is 4. The van der Waals surface area contributed by atoms with Crippen molar-refractivity contribution in [2.75, 3.05) is 0 Å². The summed E-state index contributed by atoms with van der Waals surface area (Å²) in [6.07, 6.45) is 12.2. The number of Topliss-reactive ketones (excluding diaryl/α,β-unsaturated/α-hetero) is 1. The van der Waals surface area contributed by atoms with Crippen molar-refractivity contribution in [1.29, 1.82) is 0 Å². The third-order valence-corrected chi connectivity index (χ3v) is 4.72. The number of carbonyl (C=O) groups excluding carboxylic acids is 1. The number of carboxylic acid groups (broad SMARTS) is 1. The number of aliphatic carboxylic acids is 1. The van der Waals surface area contributed by atoms with E-state index in [1.165, 1.54) is 12.8 Å². The average molecular weight is 352 g/mol. The molecule has 4 atom stereocenters. The van der Waals surface area contributed by atoms with Gasteiger partial charge in [0.15, 0.2) is 0 Å². The monoisotopic (exact) mass is 352 g/mol. The van der Waals surface area contributed by atoms with Crippen molar-refractivity contribution >= 4 is 11.8 Å². The van der Waals surface area contributed by atoms with Crippen LogP contribution in [0.5, 0.6) is 0 Å². The van der Waals surface area contributed by atoms with Crippen LogP contribution in [0.3, 0.4) is 0 Å². The molecule has 0 bridgehead atoms. The van der Waals surface area contributed by atoms with Crippen LogP contribution in [0.4, 0.5) is 0 Å². The van der Waals surface area contributed by atoms with Crippen molar-refractivity contribution < 1.29 is 24.9 Å². The lowest BCUT2D eigenvalue weighted by Crippen LogP contribution is -2.19. The molecular formula is C20H32O5. The summed E-state index contributed by atoms with van der Waals surface area (Å²) in [7, 11) is 0. The highest BCUT2D eigenvalue weighted by Crippen LogP contribution is 2.33. The Bertz CT molecular complexity index is 469. The zero-order chi connectivity index (χ0) is 18.7. The summed E-state index contributed by atoms with van der Waals surface area (Å²) in [6, 6.07) is 0. The van der Waals surface area contributed by atoms with Crippen molar-refractivity contribution in [3.63, 3.8) is 0 Å². The number of aliphatic hydroxyl groups excluding tert-OH is 2. The van der Waals surface area contributed by atoms with Gasteiger partial charge in [0.2, 0.25) is 0 Å². The van der Waals surface area contributed by atoms with Crippen LogP contribution in [-0.4, -0.2) is 39.3 Å². The van der Waals surface area contributed by atoms with E-state index < -0.39 is 18.2 Å². The number of ketones is 1. The van der Waals surface area contributed by atoms with E-state index in [1.807, 2.05) is 6.08 Å². The number of carbonyl (C=O) groups is 2. The lowest BCUT2D eigenvalue weighted by molar-refractivity contribution is -0.137. The number of hydrogen-bond donors (Lipinski definition) is 3. The lowest BCUT2D eigenvalue weighted by atomic mass is 9.90. The third-order valence-electron chi connectivity index (χ3n) is 4.72. The Labute approximate surface area is 150 Å². The summed E-state index contributed by atoms with van der Waals surface area (Å²) < 4.78 is 0. The van der Waals surface area contributed by atoms with E-state index in [0.29, 0.717) is 19.3 Å². The molecule has 1 rings (SSSR count). The molecule has 0 spiro atoms. The molecule has 0 aliphatic heterocycles. The Morgan fingerprint density at radius 2 is 2.04 bits per heavy atom. The van der Waals surface area contributed by atoms with E-state index in [9.17, 15) is 19.8 Å². The molecule has 1 saturated carbocycles. The summed E-state index contributed by atoms with van der Waals surface area (Å²) in [4.78, 5) is 22.6. The fourth-order valence-electron chi connectivity index (χ4n) is 3.22. The summed E-state index contributed by atoms with van der Waals surface area (Å²) in [6.45, 7) is 2.16. The van der Waals surface area contributed by atoms with Crippen molar-refractivity contribution in [1.82, 2.24) is 0 Å². The highest BCUT2D eigenvalue weighted by Gasteiger charge is 2.39. The second kappa shape index (κ2) is 12.0. The standard InChI is InChI=1S/C20H32O5/c1-2-3-4-5-6-7-10-16-17(19(23)14-18(16)22)13-12-15(21)9-8-11-20(24)25/h6-7,12-13,15-18,21-22H,2-5,8-11,14H2,1H3,(H,24,25)/b7-6-,13-12+/t15-,16+,17+,18-/m0/s1. The second-order valence-corrected chi connectivity index (χ2v) is 6.87. The largest absolute Gasteiger partial charge is 0.481 e. The van der Waals surface area contributed by atoms with Gasteiger partial charge in [0, 0.05) is 24.7 Å². The van der Waals surface area contributed by atoms with E-state index in [2.05, 4.69) is 13.0 Å². The Kier molecular flexibility index (Phi) is 10.3. The molecule has 142 valence electrons. The SMILES string of the molecule is CCCCC/C=C\C[C@H]1[C@@H](O)CC(=O)[C@@H]1/C=C/[C@@H](O)CCCC(=O)O. The van der Waals surface area contributed by atoms with Gasteiger partial charge in [-0.1, -0.05) is 44.1 Å². The molecule has 5 heteroatoms. The highest BCUT2D eigenvalue weighted by atomic mass is 16.4. The molecule has 0 saturated heterocycles. The molecule has 0 radical (unpaired) electrons. The third kappa shape index (κ3) is 8.45. The number of rotatable bonds is 12. The van der Waals surface area contributed by atoms with E-state index >= 15 is 0 Å². The summed E-state index contributed by atoms with van der Waals surface area (Å²) in [5.74, 6) is -1.39. The van der Waals surface area contributed by atoms with Gasteiger partial charge in [0.1, 0.15) is 5.78 Å². The Morgan fingerprint density at radius 3 is 2.72 bits per heavy atom. The van der Waals surface area contributed by atoms with Crippen molar-refractivity contribution in [3.8, 4) is 0 Å². The molecule has 25 heavy (non-hydrogen) atoms. The molecule has 0 amide bonds. The maximum Gasteiger partial charge on any atom is 0.303 e. The van der Waals surface area contributed by atoms with E-state index in [1.54, 1.807) is 12.2 Å². The quantitative estimate of drug-likeness (QED) is 0.370.